The zero-order valence-corrected chi connectivity index (χ0v) is 16.4. The number of nitro groups is 1. The maximum absolute atomic E-state index is 12.6. The first-order chi connectivity index (χ1) is 13.9. The Morgan fingerprint density at radius 2 is 1.79 bits per heavy atom. The molecule has 1 aliphatic heterocycles. The van der Waals surface area contributed by atoms with Gasteiger partial charge in [0, 0.05) is 45.0 Å². The van der Waals surface area contributed by atoms with Gasteiger partial charge in [0.2, 0.25) is 10.0 Å². The van der Waals surface area contributed by atoms with E-state index in [1.807, 2.05) is 23.1 Å². The van der Waals surface area contributed by atoms with Crippen molar-refractivity contribution in [3.8, 4) is 0 Å². The summed E-state index contributed by atoms with van der Waals surface area (Å²) in [6.45, 7) is 1.58. The van der Waals surface area contributed by atoms with Crippen molar-refractivity contribution < 1.29 is 18.1 Å². The average Bonchev–Trinajstić information content (AvgIpc) is 2.74. The first kappa shape index (κ1) is 20.7. The van der Waals surface area contributed by atoms with Gasteiger partial charge >= 0.3 is 0 Å². The van der Waals surface area contributed by atoms with Crippen LogP contribution in [0.3, 0.4) is 0 Å². The largest absolute Gasteiger partial charge is 0.354 e. The van der Waals surface area contributed by atoms with Crippen LogP contribution in [-0.2, 0) is 10.0 Å². The molecule has 1 N–H and O–H groups in total. The zero-order chi connectivity index (χ0) is 20.9. The summed E-state index contributed by atoms with van der Waals surface area (Å²) >= 11 is 0. The molecule has 1 amide bonds. The highest BCUT2D eigenvalue weighted by Crippen LogP contribution is 2.17. The molecule has 0 atom stereocenters. The number of benzene rings is 1. The number of hydrogen-bond donors (Lipinski definition) is 1. The summed E-state index contributed by atoms with van der Waals surface area (Å²) in [4.78, 5) is 28.8. The van der Waals surface area contributed by atoms with Crippen LogP contribution in [0.5, 0.6) is 0 Å². The summed E-state index contributed by atoms with van der Waals surface area (Å²) in [5.41, 5.74) is -0.419. The van der Waals surface area contributed by atoms with Gasteiger partial charge in [-0.05, 0) is 18.2 Å². The average molecular weight is 419 g/mol. The highest BCUT2D eigenvalue weighted by Gasteiger charge is 2.27. The Kier molecular flexibility index (Phi) is 6.39. The van der Waals surface area contributed by atoms with Gasteiger partial charge < -0.3 is 10.2 Å². The predicted molar refractivity (Wildman–Crippen MR) is 107 cm³/mol. The molecule has 1 saturated heterocycles. The van der Waals surface area contributed by atoms with Crippen LogP contribution < -0.4 is 10.2 Å². The van der Waals surface area contributed by atoms with Crippen LogP contribution in [-0.4, -0.2) is 67.0 Å². The van der Waals surface area contributed by atoms with Crippen LogP contribution in [0.25, 0.3) is 0 Å². The van der Waals surface area contributed by atoms with Crippen LogP contribution in [0, 0.1) is 10.1 Å². The summed E-state index contributed by atoms with van der Waals surface area (Å²) in [6, 6.07) is 11.1. The number of para-hydroxylation sites is 1. The molecule has 3 rings (SSSR count). The normalized spacial score (nSPS) is 15.1. The first-order valence-corrected chi connectivity index (χ1v) is 10.6. The molecular weight excluding hydrogens is 398 g/mol. The maximum Gasteiger partial charge on any atom is 0.282 e. The minimum absolute atomic E-state index is 0.0983. The van der Waals surface area contributed by atoms with Crippen molar-refractivity contribution in [1.82, 2.24) is 14.6 Å². The lowest BCUT2D eigenvalue weighted by molar-refractivity contribution is -0.385. The molecule has 0 spiro atoms. The van der Waals surface area contributed by atoms with Crippen LogP contribution >= 0.6 is 0 Å². The third-order valence-electron chi connectivity index (χ3n) is 4.60. The Morgan fingerprint density at radius 3 is 2.45 bits per heavy atom. The Morgan fingerprint density at radius 1 is 1.10 bits per heavy atom. The summed E-state index contributed by atoms with van der Waals surface area (Å²) < 4.78 is 26.5. The summed E-state index contributed by atoms with van der Waals surface area (Å²) in [7, 11) is -3.56. The van der Waals surface area contributed by atoms with Crippen molar-refractivity contribution in [1.29, 1.82) is 0 Å². The number of pyridine rings is 1. The fourth-order valence-electron chi connectivity index (χ4n) is 3.08. The molecule has 0 radical (unpaired) electrons. The Balaban J connectivity index is 1.52. The van der Waals surface area contributed by atoms with E-state index >= 15 is 0 Å². The Bertz CT molecular complexity index is 975. The van der Waals surface area contributed by atoms with Crippen LogP contribution in [0.2, 0.25) is 0 Å². The molecule has 11 heteroatoms. The molecule has 1 aliphatic rings. The molecule has 2 heterocycles. The van der Waals surface area contributed by atoms with Gasteiger partial charge in [-0.25, -0.2) is 13.4 Å². The third-order valence-corrected chi connectivity index (χ3v) is 6.47. The lowest BCUT2D eigenvalue weighted by Gasteiger charge is -2.34. The molecule has 0 saturated carbocycles. The number of carbonyl (C=O) groups excluding carboxylic acids is 1. The van der Waals surface area contributed by atoms with Crippen molar-refractivity contribution in [2.75, 3.05) is 43.4 Å². The maximum atomic E-state index is 12.6. The van der Waals surface area contributed by atoms with Crippen molar-refractivity contribution >= 4 is 27.4 Å². The second kappa shape index (κ2) is 8.97. The Hall–Kier alpha value is -3.05. The number of piperazine rings is 1. The lowest BCUT2D eigenvalue weighted by Crippen LogP contribution is -2.50. The number of carbonyl (C=O) groups is 1. The summed E-state index contributed by atoms with van der Waals surface area (Å²) in [5, 5.41) is 13.5. The van der Waals surface area contributed by atoms with Gasteiger partial charge in [0.15, 0.2) is 0 Å². The highest BCUT2D eigenvalue weighted by atomic mass is 32.2. The standard InChI is InChI=1S/C18H21N5O5S/c24-18(15-5-1-2-6-16(15)23(25)26)20-9-14-29(27,28)22-12-10-21(11-13-22)17-7-3-4-8-19-17/h1-8H,9-14H2,(H,20,24). The summed E-state index contributed by atoms with van der Waals surface area (Å²) in [5.74, 6) is -0.142. The van der Waals surface area contributed by atoms with Crippen molar-refractivity contribution in [2.24, 2.45) is 0 Å². The third kappa shape index (κ3) is 5.06. The number of nitrogens with zero attached hydrogens (tertiary/aromatic N) is 4. The quantitative estimate of drug-likeness (QED) is 0.521. The molecule has 10 nitrogen and oxygen atoms in total. The van der Waals surface area contributed by atoms with E-state index in [2.05, 4.69) is 10.3 Å². The van der Waals surface area contributed by atoms with Gasteiger partial charge in [-0.3, -0.25) is 14.9 Å². The van der Waals surface area contributed by atoms with Gasteiger partial charge in [-0.15, -0.1) is 0 Å². The number of sulfonamides is 1. The van der Waals surface area contributed by atoms with Gasteiger partial charge in [-0.2, -0.15) is 4.31 Å². The van der Waals surface area contributed by atoms with Crippen LogP contribution in [0.15, 0.2) is 48.7 Å². The first-order valence-electron chi connectivity index (χ1n) is 9.04. The lowest BCUT2D eigenvalue weighted by atomic mass is 10.1. The SMILES string of the molecule is O=C(NCCS(=O)(=O)N1CCN(c2ccccn2)CC1)c1ccccc1[N+](=O)[O-]. The van der Waals surface area contributed by atoms with E-state index < -0.39 is 20.9 Å². The monoisotopic (exact) mass is 419 g/mol. The molecule has 154 valence electrons. The number of amides is 1. The zero-order valence-electron chi connectivity index (χ0n) is 15.6. The topological polar surface area (TPSA) is 126 Å². The fraction of sp³-hybridized carbons (Fsp3) is 0.333. The molecule has 1 aromatic heterocycles. The smallest absolute Gasteiger partial charge is 0.282 e. The highest BCUT2D eigenvalue weighted by molar-refractivity contribution is 7.89. The minimum Gasteiger partial charge on any atom is -0.354 e. The van der Waals surface area contributed by atoms with Gasteiger partial charge in [0.1, 0.15) is 11.4 Å². The predicted octanol–water partition coefficient (Wildman–Crippen LogP) is 0.872. The molecule has 1 aromatic carbocycles. The number of anilines is 1. The minimum atomic E-state index is -3.56. The van der Waals surface area contributed by atoms with E-state index in [0.29, 0.717) is 26.2 Å². The van der Waals surface area contributed by atoms with Gasteiger partial charge in [0.05, 0.1) is 10.7 Å². The van der Waals surface area contributed by atoms with E-state index in [4.69, 9.17) is 0 Å². The van der Waals surface area contributed by atoms with Crippen LogP contribution in [0.4, 0.5) is 11.5 Å². The molecule has 0 aliphatic carbocycles. The number of nitrogens with one attached hydrogen (secondary N) is 1. The number of nitro benzene ring substituents is 1. The molecule has 1 fully saturated rings. The number of aromatic nitrogens is 1. The Labute approximate surface area is 168 Å². The number of rotatable bonds is 7. The second-order valence-electron chi connectivity index (χ2n) is 6.42. The van der Waals surface area contributed by atoms with Gasteiger partial charge in [0.25, 0.3) is 11.6 Å². The van der Waals surface area contributed by atoms with Crippen molar-refractivity contribution in [2.45, 2.75) is 0 Å². The summed E-state index contributed by atoms with van der Waals surface area (Å²) in [6.07, 6.45) is 1.69. The molecule has 0 bridgehead atoms. The van der Waals surface area contributed by atoms with Crippen LogP contribution in [0.1, 0.15) is 10.4 Å². The van der Waals surface area contributed by atoms with E-state index in [1.165, 1.54) is 28.6 Å². The molecular formula is C18H21N5O5S. The number of hydrogen-bond acceptors (Lipinski definition) is 7. The van der Waals surface area contributed by atoms with Crippen molar-refractivity contribution in [3.63, 3.8) is 0 Å². The molecule has 29 heavy (non-hydrogen) atoms. The fourth-order valence-corrected chi connectivity index (χ4v) is 4.42. The molecule has 0 unspecified atom stereocenters. The van der Waals surface area contributed by atoms with E-state index in [9.17, 15) is 23.3 Å². The van der Waals surface area contributed by atoms with Crippen molar-refractivity contribution in [3.05, 3.63) is 64.3 Å². The van der Waals surface area contributed by atoms with E-state index in [0.717, 1.165) is 5.82 Å². The van der Waals surface area contributed by atoms with E-state index in [-0.39, 0.29) is 23.5 Å². The second-order valence-corrected chi connectivity index (χ2v) is 8.51. The molecule has 2 aromatic rings. The van der Waals surface area contributed by atoms with E-state index in [1.54, 1.807) is 6.20 Å². The van der Waals surface area contributed by atoms with Gasteiger partial charge in [-0.1, -0.05) is 18.2 Å².